The highest BCUT2D eigenvalue weighted by molar-refractivity contribution is 5.79. The second-order valence-corrected chi connectivity index (χ2v) is 8.24. The summed E-state index contributed by atoms with van der Waals surface area (Å²) in [5, 5.41) is 6.34. The number of ether oxygens (including phenoxy) is 2. The van der Waals surface area contributed by atoms with Gasteiger partial charge >= 0.3 is 0 Å². The van der Waals surface area contributed by atoms with Crippen LogP contribution in [0.2, 0.25) is 0 Å². The Bertz CT molecular complexity index is 852. The monoisotopic (exact) mass is 424 g/mol. The Hall–Kier alpha value is -2.53. The summed E-state index contributed by atoms with van der Waals surface area (Å²) in [7, 11) is 0. The van der Waals surface area contributed by atoms with Crippen molar-refractivity contribution in [3.8, 4) is 17.2 Å². The standard InChI is InChI=1S/C26H36N2O3/c1-4-7-10-19(6-3)18-30-20-13-14-22-24(16-20)31-23-12-9-8-11-21(23)26(22)28-25(29)17-27-15-5-2/h8-9,11-14,16,19,26-27H,4-7,10,15,17-18H2,1-3H3,(H,28,29). The number of amides is 1. The molecule has 0 saturated heterocycles. The van der Waals surface area contributed by atoms with Gasteiger partial charge in [0.2, 0.25) is 5.91 Å². The van der Waals surface area contributed by atoms with E-state index in [0.717, 1.165) is 54.4 Å². The van der Waals surface area contributed by atoms with Crippen LogP contribution in [0.3, 0.4) is 0 Å². The summed E-state index contributed by atoms with van der Waals surface area (Å²) >= 11 is 0. The van der Waals surface area contributed by atoms with Crippen LogP contribution in [0.4, 0.5) is 0 Å². The molecule has 5 nitrogen and oxygen atoms in total. The Morgan fingerprint density at radius 3 is 2.65 bits per heavy atom. The number of benzene rings is 2. The molecule has 0 fully saturated rings. The van der Waals surface area contributed by atoms with E-state index in [2.05, 4.69) is 31.4 Å². The highest BCUT2D eigenvalue weighted by atomic mass is 16.5. The van der Waals surface area contributed by atoms with Crippen molar-refractivity contribution in [2.75, 3.05) is 19.7 Å². The molecule has 2 atom stereocenters. The van der Waals surface area contributed by atoms with Gasteiger partial charge in [0, 0.05) is 17.2 Å². The fourth-order valence-electron chi connectivity index (χ4n) is 3.89. The first-order valence-electron chi connectivity index (χ1n) is 11.7. The number of nitrogens with one attached hydrogen (secondary N) is 2. The van der Waals surface area contributed by atoms with Crippen LogP contribution in [0.5, 0.6) is 17.2 Å². The van der Waals surface area contributed by atoms with E-state index in [9.17, 15) is 4.79 Å². The fraction of sp³-hybridized carbons (Fsp3) is 0.500. The number of carbonyl (C=O) groups excluding carboxylic acids is 1. The van der Waals surface area contributed by atoms with Gasteiger partial charge in [0.05, 0.1) is 19.2 Å². The van der Waals surface area contributed by atoms with Crippen LogP contribution in [-0.4, -0.2) is 25.6 Å². The van der Waals surface area contributed by atoms with Crippen LogP contribution in [0.15, 0.2) is 42.5 Å². The van der Waals surface area contributed by atoms with Crippen LogP contribution in [0.25, 0.3) is 0 Å². The number of hydrogen-bond donors (Lipinski definition) is 2. The van der Waals surface area contributed by atoms with Gasteiger partial charge in [0.25, 0.3) is 0 Å². The summed E-state index contributed by atoms with van der Waals surface area (Å²) in [5.41, 5.74) is 1.92. The Kier molecular flexibility index (Phi) is 8.77. The van der Waals surface area contributed by atoms with Crippen LogP contribution in [0, 0.1) is 5.92 Å². The Balaban J connectivity index is 1.75. The number of carbonyl (C=O) groups is 1. The average Bonchev–Trinajstić information content (AvgIpc) is 2.79. The quantitative estimate of drug-likeness (QED) is 0.436. The maximum Gasteiger partial charge on any atom is 0.234 e. The molecular weight excluding hydrogens is 388 g/mol. The highest BCUT2D eigenvalue weighted by Crippen LogP contribution is 2.44. The molecule has 1 heterocycles. The molecule has 0 aromatic heterocycles. The van der Waals surface area contributed by atoms with Crippen LogP contribution >= 0.6 is 0 Å². The summed E-state index contributed by atoms with van der Waals surface area (Å²) in [5.74, 6) is 2.86. The first kappa shape index (κ1) is 23.1. The van der Waals surface area contributed by atoms with Crippen LogP contribution in [-0.2, 0) is 4.79 Å². The highest BCUT2D eigenvalue weighted by Gasteiger charge is 2.28. The van der Waals surface area contributed by atoms with Gasteiger partial charge in [-0.2, -0.15) is 0 Å². The third-order valence-corrected chi connectivity index (χ3v) is 5.79. The van der Waals surface area contributed by atoms with Crippen molar-refractivity contribution in [3.63, 3.8) is 0 Å². The van der Waals surface area contributed by atoms with Crippen molar-refractivity contribution in [2.45, 2.75) is 58.9 Å². The minimum absolute atomic E-state index is 0.0249. The molecular formula is C26H36N2O3. The molecule has 1 aliphatic heterocycles. The summed E-state index contributed by atoms with van der Waals surface area (Å²) in [4.78, 5) is 12.5. The lowest BCUT2D eigenvalue weighted by molar-refractivity contribution is -0.120. The lowest BCUT2D eigenvalue weighted by Crippen LogP contribution is -2.37. The second kappa shape index (κ2) is 11.8. The van der Waals surface area contributed by atoms with E-state index in [4.69, 9.17) is 9.47 Å². The van der Waals surface area contributed by atoms with E-state index in [1.165, 1.54) is 19.3 Å². The van der Waals surface area contributed by atoms with Gasteiger partial charge in [0.1, 0.15) is 17.2 Å². The van der Waals surface area contributed by atoms with Gasteiger partial charge in [-0.3, -0.25) is 4.79 Å². The SMILES string of the molecule is CCCCC(CC)COc1ccc2c(c1)Oc1ccccc1C2NC(=O)CNCCC. The van der Waals surface area contributed by atoms with Crippen molar-refractivity contribution in [2.24, 2.45) is 5.92 Å². The lowest BCUT2D eigenvalue weighted by Gasteiger charge is -2.29. The predicted molar refractivity (Wildman–Crippen MR) is 125 cm³/mol. The Labute approximate surface area is 186 Å². The Morgan fingerprint density at radius 1 is 1.06 bits per heavy atom. The minimum atomic E-state index is -0.238. The topological polar surface area (TPSA) is 59.6 Å². The molecule has 2 aromatic carbocycles. The summed E-state index contributed by atoms with van der Waals surface area (Å²) in [6, 6.07) is 13.6. The van der Waals surface area contributed by atoms with Gasteiger partial charge in [-0.05, 0) is 43.5 Å². The number of fused-ring (bicyclic) bond motifs is 2. The summed E-state index contributed by atoms with van der Waals surface area (Å²) in [6.07, 6.45) is 5.76. The van der Waals surface area contributed by atoms with E-state index >= 15 is 0 Å². The fourth-order valence-corrected chi connectivity index (χ4v) is 3.89. The minimum Gasteiger partial charge on any atom is -0.493 e. The molecule has 2 N–H and O–H groups in total. The predicted octanol–water partition coefficient (Wildman–Crippen LogP) is 5.59. The van der Waals surface area contributed by atoms with E-state index < -0.39 is 0 Å². The molecule has 1 aliphatic rings. The molecule has 168 valence electrons. The van der Waals surface area contributed by atoms with Crippen molar-refractivity contribution >= 4 is 5.91 Å². The van der Waals surface area contributed by atoms with Crippen LogP contribution < -0.4 is 20.1 Å². The lowest BCUT2D eigenvalue weighted by atomic mass is 9.94. The molecule has 2 unspecified atom stereocenters. The van der Waals surface area contributed by atoms with E-state index in [0.29, 0.717) is 12.5 Å². The average molecular weight is 425 g/mol. The molecule has 5 heteroatoms. The van der Waals surface area contributed by atoms with Gasteiger partial charge in [-0.1, -0.05) is 58.2 Å². The molecule has 2 aromatic rings. The molecule has 0 bridgehead atoms. The smallest absolute Gasteiger partial charge is 0.234 e. The third-order valence-electron chi connectivity index (χ3n) is 5.79. The van der Waals surface area contributed by atoms with Crippen LogP contribution in [0.1, 0.15) is 70.0 Å². The van der Waals surface area contributed by atoms with Gasteiger partial charge in [-0.25, -0.2) is 0 Å². The van der Waals surface area contributed by atoms with E-state index in [1.54, 1.807) is 0 Å². The zero-order valence-electron chi connectivity index (χ0n) is 19.1. The van der Waals surface area contributed by atoms with Gasteiger partial charge in [0.15, 0.2) is 0 Å². The normalized spacial score (nSPS) is 15.4. The number of unbranched alkanes of at least 4 members (excludes halogenated alkanes) is 1. The van der Waals surface area contributed by atoms with Crippen molar-refractivity contribution < 1.29 is 14.3 Å². The molecule has 0 radical (unpaired) electrons. The number of rotatable bonds is 12. The van der Waals surface area contributed by atoms with Gasteiger partial charge < -0.3 is 20.1 Å². The summed E-state index contributed by atoms with van der Waals surface area (Å²) in [6.45, 7) is 8.38. The van der Waals surface area contributed by atoms with E-state index in [1.807, 2.05) is 42.5 Å². The van der Waals surface area contributed by atoms with E-state index in [-0.39, 0.29) is 11.9 Å². The first-order chi connectivity index (χ1) is 15.2. The van der Waals surface area contributed by atoms with Crippen molar-refractivity contribution in [1.82, 2.24) is 10.6 Å². The summed E-state index contributed by atoms with van der Waals surface area (Å²) < 4.78 is 12.3. The number of hydrogen-bond acceptors (Lipinski definition) is 4. The van der Waals surface area contributed by atoms with Gasteiger partial charge in [-0.15, -0.1) is 0 Å². The Morgan fingerprint density at radius 2 is 1.87 bits per heavy atom. The maximum atomic E-state index is 12.5. The molecule has 31 heavy (non-hydrogen) atoms. The van der Waals surface area contributed by atoms with Crippen molar-refractivity contribution in [1.29, 1.82) is 0 Å². The first-order valence-corrected chi connectivity index (χ1v) is 11.7. The molecule has 1 amide bonds. The largest absolute Gasteiger partial charge is 0.493 e. The van der Waals surface area contributed by atoms with Crippen molar-refractivity contribution in [3.05, 3.63) is 53.6 Å². The number of para-hydroxylation sites is 1. The molecule has 3 rings (SSSR count). The molecule has 0 spiro atoms. The zero-order chi connectivity index (χ0) is 22.1. The third kappa shape index (κ3) is 6.23. The maximum absolute atomic E-state index is 12.5. The molecule has 0 saturated carbocycles. The molecule has 0 aliphatic carbocycles. The zero-order valence-corrected chi connectivity index (χ0v) is 19.1. The second-order valence-electron chi connectivity index (χ2n) is 8.24.